The molecule has 0 saturated carbocycles. The lowest BCUT2D eigenvalue weighted by Gasteiger charge is -2.08. The lowest BCUT2D eigenvalue weighted by molar-refractivity contribution is -0.597. The zero-order valence-electron chi connectivity index (χ0n) is 18.8. The second kappa shape index (κ2) is 16.4. The third-order valence-corrected chi connectivity index (χ3v) is 7.86. The summed E-state index contributed by atoms with van der Waals surface area (Å²) >= 11 is 2.23. The van der Waals surface area contributed by atoms with E-state index in [-0.39, 0.29) is 21.2 Å². The van der Waals surface area contributed by atoms with Crippen molar-refractivity contribution in [1.82, 2.24) is 0 Å². The molecule has 7 nitrogen and oxygen atoms in total. The van der Waals surface area contributed by atoms with Crippen molar-refractivity contribution in [2.45, 2.75) is 11.0 Å². The first-order valence-corrected chi connectivity index (χ1v) is 15.5. The molecule has 0 fully saturated rings. The first-order valence-electron chi connectivity index (χ1n) is 9.38. The highest BCUT2D eigenvalue weighted by molar-refractivity contribution is 14.1. The van der Waals surface area contributed by atoms with Gasteiger partial charge in [-0.3, -0.25) is 4.55 Å². The number of methoxy groups -OCH3 is 1. The molecule has 0 radical (unpaired) electrons. The first-order chi connectivity index (χ1) is 17.3. The maximum Gasteiger partial charge on any atom is 0.522 e. The molecule has 212 valence electrons. The van der Waals surface area contributed by atoms with Gasteiger partial charge in [0.15, 0.2) is 17.3 Å². The average Bonchev–Trinajstić information content (AvgIpc) is 2.79. The van der Waals surface area contributed by atoms with E-state index in [1.807, 2.05) is 30.3 Å². The van der Waals surface area contributed by atoms with Crippen LogP contribution in [0.3, 0.4) is 0 Å². The number of benzene rings is 3. The molecule has 0 aliphatic carbocycles. The largest absolute Gasteiger partial charge is 0.741 e. The quantitative estimate of drug-likeness (QED) is 0.187. The molecule has 0 heterocycles. The highest BCUT2D eigenvalue weighted by atomic mass is 127. The van der Waals surface area contributed by atoms with Crippen LogP contribution in [-0.4, -0.2) is 44.1 Å². The molecular weight excluding hydrogens is 796 g/mol. The summed E-state index contributed by atoms with van der Waals surface area (Å²) in [7, 11) is -10.2. The van der Waals surface area contributed by atoms with Gasteiger partial charge in [0.1, 0.15) is 5.75 Å². The summed E-state index contributed by atoms with van der Waals surface area (Å²) in [4.78, 5) is 0. The Morgan fingerprint density at radius 2 is 1.08 bits per heavy atom. The van der Waals surface area contributed by atoms with Crippen LogP contribution in [0.4, 0.5) is 26.3 Å². The number of hydrogen-bond acceptors (Lipinski definition) is 6. The van der Waals surface area contributed by atoms with Crippen molar-refractivity contribution in [3.63, 3.8) is 0 Å². The van der Waals surface area contributed by atoms with Gasteiger partial charge in [0.2, 0.25) is 0 Å². The van der Waals surface area contributed by atoms with Crippen LogP contribution in [0.1, 0.15) is 0 Å². The van der Waals surface area contributed by atoms with Crippen molar-refractivity contribution >= 4 is 42.8 Å². The van der Waals surface area contributed by atoms with Crippen LogP contribution in [0, 0.1) is 10.7 Å². The van der Waals surface area contributed by atoms with E-state index < -0.39 is 31.3 Å². The topological polar surface area (TPSA) is 121 Å². The zero-order valence-corrected chi connectivity index (χ0v) is 24.8. The Morgan fingerprint density at radius 3 is 1.34 bits per heavy atom. The van der Waals surface area contributed by atoms with E-state index in [2.05, 4.69) is 77.2 Å². The Morgan fingerprint density at radius 1 is 0.737 bits per heavy atom. The van der Waals surface area contributed by atoms with Crippen LogP contribution in [0.5, 0.6) is 5.75 Å². The van der Waals surface area contributed by atoms with E-state index in [9.17, 15) is 26.3 Å². The van der Waals surface area contributed by atoms with Crippen molar-refractivity contribution in [1.29, 1.82) is 0 Å². The van der Waals surface area contributed by atoms with E-state index in [1.165, 1.54) is 10.7 Å². The molecule has 3 rings (SSSR count). The van der Waals surface area contributed by atoms with Gasteiger partial charge < -0.3 is 9.29 Å². The highest BCUT2D eigenvalue weighted by Crippen LogP contribution is 2.21. The van der Waals surface area contributed by atoms with Crippen LogP contribution >= 0.6 is 22.6 Å². The Labute approximate surface area is 239 Å². The maximum atomic E-state index is 10.7. The fraction of sp³-hybridized carbons (Fsp3) is 0.143. The fourth-order valence-corrected chi connectivity index (χ4v) is 4.28. The Hall–Kier alpha value is -1.68. The molecule has 38 heavy (non-hydrogen) atoms. The van der Waals surface area contributed by atoms with Gasteiger partial charge in [-0.1, -0.05) is 36.4 Å². The molecule has 0 unspecified atom stereocenters. The second-order valence-corrected chi connectivity index (χ2v) is 13.2. The second-order valence-electron chi connectivity index (χ2n) is 6.16. The predicted molar refractivity (Wildman–Crippen MR) is 129 cm³/mol. The normalized spacial score (nSPS) is 11.4. The minimum Gasteiger partial charge on any atom is -0.741 e. The SMILES string of the molecule is COc1ccc([I+]c2ccccc2)cc1.Ic1ccccc1.O=S(=O)(O)C(F)(F)F.O=S(=O)([O-])C(F)(F)F. The van der Waals surface area contributed by atoms with Crippen LogP contribution in [0.25, 0.3) is 0 Å². The molecular formula is C21H18F6I2O7S2. The first kappa shape index (κ1) is 36.3. The molecule has 0 atom stereocenters. The fourth-order valence-electron chi connectivity index (χ4n) is 1.65. The molecule has 3 aromatic carbocycles. The van der Waals surface area contributed by atoms with Gasteiger partial charge >= 0.3 is 42.3 Å². The van der Waals surface area contributed by atoms with Gasteiger partial charge in [-0.2, -0.15) is 34.8 Å². The average molecular weight is 814 g/mol. The van der Waals surface area contributed by atoms with Gasteiger partial charge in [0.25, 0.3) is 0 Å². The zero-order chi connectivity index (χ0) is 29.6. The van der Waals surface area contributed by atoms with Crippen molar-refractivity contribution in [3.8, 4) is 5.75 Å². The Bertz CT molecular complexity index is 1250. The molecule has 3 aromatic rings. The van der Waals surface area contributed by atoms with E-state index in [1.54, 1.807) is 7.11 Å². The van der Waals surface area contributed by atoms with E-state index in [4.69, 9.17) is 30.7 Å². The number of hydrogen-bond donors (Lipinski definition) is 1. The van der Waals surface area contributed by atoms with Gasteiger partial charge in [0.05, 0.1) is 7.11 Å². The number of halogens is 8. The molecule has 17 heteroatoms. The number of alkyl halides is 6. The molecule has 0 saturated heterocycles. The van der Waals surface area contributed by atoms with E-state index >= 15 is 0 Å². The van der Waals surface area contributed by atoms with Crippen LogP contribution in [-0.2, 0) is 20.2 Å². The van der Waals surface area contributed by atoms with Crippen molar-refractivity contribution in [3.05, 3.63) is 95.6 Å². The summed E-state index contributed by atoms with van der Waals surface area (Å²) in [5.41, 5.74) is -11.2. The summed E-state index contributed by atoms with van der Waals surface area (Å²) in [6.07, 6.45) is 0. The Balaban J connectivity index is 0.000000514. The lowest BCUT2D eigenvalue weighted by atomic mass is 10.3. The predicted octanol–water partition coefficient (Wildman–Crippen LogP) is 2.56. The standard InChI is InChI=1S/C13H12IO.C6H5I.2CHF3O3S/c1-15-13-9-7-12(8-10-13)14-11-5-3-2-4-6-11;7-6-4-2-1-3-5-6;2*2-1(3,4)8(5,6)7/h2-10H,1H3;1-5H;2*(H,5,6,7)/q+1;;;/p-1. The summed E-state index contributed by atoms with van der Waals surface area (Å²) in [6.45, 7) is 0. The summed E-state index contributed by atoms with van der Waals surface area (Å²) in [5, 5.41) is 0. The lowest BCUT2D eigenvalue weighted by Crippen LogP contribution is -3.61. The van der Waals surface area contributed by atoms with Gasteiger partial charge in [-0.05, 0) is 71.1 Å². The van der Waals surface area contributed by atoms with Gasteiger partial charge in [0, 0.05) is 3.57 Å². The monoisotopic (exact) mass is 814 g/mol. The van der Waals surface area contributed by atoms with Crippen molar-refractivity contribution in [2.24, 2.45) is 0 Å². The van der Waals surface area contributed by atoms with Crippen LogP contribution in [0.2, 0.25) is 0 Å². The summed E-state index contributed by atoms with van der Waals surface area (Å²) in [6, 6.07) is 29.2. The number of rotatable bonds is 3. The van der Waals surface area contributed by atoms with Crippen molar-refractivity contribution < 1.29 is 78.2 Å². The van der Waals surface area contributed by atoms with Crippen LogP contribution in [0.15, 0.2) is 84.9 Å². The molecule has 0 aromatic heterocycles. The van der Waals surface area contributed by atoms with E-state index in [0.29, 0.717) is 0 Å². The minimum atomic E-state index is -6.09. The molecule has 0 spiro atoms. The highest BCUT2D eigenvalue weighted by Gasteiger charge is 2.44. The van der Waals surface area contributed by atoms with Crippen molar-refractivity contribution in [2.75, 3.05) is 7.11 Å². The minimum absolute atomic E-state index is 0.0449. The van der Waals surface area contributed by atoms with E-state index in [0.717, 1.165) is 5.75 Å². The third kappa shape index (κ3) is 16.3. The molecule has 0 bridgehead atoms. The molecule has 0 amide bonds. The molecule has 1 N–H and O–H groups in total. The van der Waals surface area contributed by atoms with Gasteiger partial charge in [-0.25, -0.2) is 8.42 Å². The van der Waals surface area contributed by atoms with Crippen LogP contribution < -0.4 is 25.9 Å². The van der Waals surface area contributed by atoms with Gasteiger partial charge in [-0.15, -0.1) is 0 Å². The third-order valence-electron chi connectivity index (χ3n) is 3.31. The Kier molecular flexibility index (Phi) is 15.7. The summed E-state index contributed by atoms with van der Waals surface area (Å²) in [5.74, 6) is 0.927. The maximum absolute atomic E-state index is 10.7. The molecule has 0 aliphatic rings. The smallest absolute Gasteiger partial charge is 0.522 e. The summed E-state index contributed by atoms with van der Waals surface area (Å²) < 4.78 is 126. The number of ether oxygens (including phenoxy) is 1. The molecule has 0 aliphatic heterocycles.